The number of rotatable bonds is 2. The predicted molar refractivity (Wildman–Crippen MR) is 71.3 cm³/mol. The zero-order chi connectivity index (χ0) is 10.9. The molecule has 0 fully saturated rings. The van der Waals surface area contributed by atoms with E-state index in [1.807, 2.05) is 6.07 Å². The number of nitrogens with two attached hydrogens (primary N) is 1. The molecule has 6 heteroatoms. The number of benzene rings is 1. The molecular weight excluding hydrogens is 446 g/mol. The quantitative estimate of drug-likeness (QED) is 0.531. The van der Waals surface area contributed by atoms with Gasteiger partial charge in [0.1, 0.15) is 0 Å². The van der Waals surface area contributed by atoms with Crippen molar-refractivity contribution in [2.45, 2.75) is 6.10 Å². The Bertz CT molecular complexity index is 356. The van der Waals surface area contributed by atoms with Gasteiger partial charge in [-0.25, -0.2) is 0 Å². The van der Waals surface area contributed by atoms with Gasteiger partial charge < -0.3 is 10.8 Å². The molecule has 0 aliphatic rings. The summed E-state index contributed by atoms with van der Waals surface area (Å²) in [6.07, 6.45) is -0.678. The highest BCUT2D eigenvalue weighted by Gasteiger charge is 2.17. The smallest absolute Gasteiger partial charge is 0.0934 e. The van der Waals surface area contributed by atoms with E-state index in [0.717, 1.165) is 23.5 Å². The van der Waals surface area contributed by atoms with Crippen LogP contribution in [-0.4, -0.2) is 11.7 Å². The largest absolute Gasteiger partial charge is 0.387 e. The third kappa shape index (κ3) is 2.59. The van der Waals surface area contributed by atoms with Gasteiger partial charge in [-0.1, -0.05) is 15.9 Å². The average molecular weight is 453 g/mol. The van der Waals surface area contributed by atoms with Gasteiger partial charge in [-0.15, -0.1) is 0 Å². The van der Waals surface area contributed by atoms with E-state index < -0.39 is 6.10 Å². The number of halogens is 4. The van der Waals surface area contributed by atoms with Crippen molar-refractivity contribution in [2.24, 2.45) is 5.73 Å². The van der Waals surface area contributed by atoms with Gasteiger partial charge in [0.25, 0.3) is 0 Å². The highest BCUT2D eigenvalue weighted by atomic mass is 79.9. The maximum atomic E-state index is 9.69. The third-order valence-electron chi connectivity index (χ3n) is 1.71. The molecule has 0 radical (unpaired) electrons. The van der Waals surface area contributed by atoms with Crippen molar-refractivity contribution < 1.29 is 5.11 Å². The molecule has 3 N–H and O–H groups in total. The van der Waals surface area contributed by atoms with E-state index in [2.05, 4.69) is 63.7 Å². The first-order valence-corrected chi connectivity index (χ1v) is 6.87. The van der Waals surface area contributed by atoms with Crippen molar-refractivity contribution in [2.75, 3.05) is 6.54 Å². The summed E-state index contributed by atoms with van der Waals surface area (Å²) in [6.45, 7) is 0.186. The topological polar surface area (TPSA) is 46.2 Å². The van der Waals surface area contributed by atoms with Gasteiger partial charge in [0.05, 0.1) is 6.10 Å². The van der Waals surface area contributed by atoms with E-state index in [0.29, 0.717) is 0 Å². The number of hydrogen-bond acceptors (Lipinski definition) is 2. The lowest BCUT2D eigenvalue weighted by Gasteiger charge is -2.15. The lowest BCUT2D eigenvalue weighted by molar-refractivity contribution is 0.185. The molecule has 0 aliphatic carbocycles. The monoisotopic (exact) mass is 449 g/mol. The predicted octanol–water partition coefficient (Wildman–Crippen LogP) is 3.73. The van der Waals surface area contributed by atoms with Crippen LogP contribution in [0.2, 0.25) is 0 Å². The van der Waals surface area contributed by atoms with Crippen LogP contribution in [0.5, 0.6) is 0 Å². The molecule has 2 nitrogen and oxygen atoms in total. The second kappa shape index (κ2) is 5.41. The second-order valence-corrected chi connectivity index (χ2v) is 5.93. The second-order valence-electron chi connectivity index (χ2n) is 2.63. The van der Waals surface area contributed by atoms with Crippen LogP contribution < -0.4 is 5.73 Å². The fourth-order valence-electron chi connectivity index (χ4n) is 1.00. The van der Waals surface area contributed by atoms with E-state index in [1.165, 1.54) is 0 Å². The number of aliphatic hydroxyl groups is 1. The fraction of sp³-hybridized carbons (Fsp3) is 0.250. The van der Waals surface area contributed by atoms with Crippen LogP contribution in [0, 0.1) is 0 Å². The molecule has 78 valence electrons. The van der Waals surface area contributed by atoms with E-state index in [-0.39, 0.29) is 6.54 Å². The summed E-state index contributed by atoms with van der Waals surface area (Å²) in [6, 6.07) is 1.86. The Morgan fingerprint density at radius 3 is 2.21 bits per heavy atom. The van der Waals surface area contributed by atoms with Crippen LogP contribution in [0.1, 0.15) is 11.7 Å². The molecule has 0 saturated heterocycles. The molecule has 0 amide bonds. The van der Waals surface area contributed by atoms with Crippen LogP contribution >= 0.6 is 63.7 Å². The molecule has 1 aromatic carbocycles. The Morgan fingerprint density at radius 1 is 1.14 bits per heavy atom. The van der Waals surface area contributed by atoms with Gasteiger partial charge in [-0.3, -0.25) is 0 Å². The molecule has 0 bridgehead atoms. The van der Waals surface area contributed by atoms with Gasteiger partial charge in [0, 0.05) is 30.0 Å². The summed E-state index contributed by atoms with van der Waals surface area (Å²) in [5.74, 6) is 0. The third-order valence-corrected chi connectivity index (χ3v) is 5.70. The number of aliphatic hydroxyl groups excluding tert-OH is 1. The molecule has 0 aliphatic heterocycles. The Morgan fingerprint density at radius 2 is 1.71 bits per heavy atom. The first kappa shape index (κ1) is 13.1. The van der Waals surface area contributed by atoms with Crippen molar-refractivity contribution in [3.05, 3.63) is 29.5 Å². The summed E-state index contributed by atoms with van der Waals surface area (Å²) < 4.78 is 3.39. The minimum absolute atomic E-state index is 0.186. The lowest BCUT2D eigenvalue weighted by atomic mass is 10.1. The molecule has 1 atom stereocenters. The molecule has 0 saturated carbocycles. The minimum Gasteiger partial charge on any atom is -0.387 e. The average Bonchev–Trinajstić information content (AvgIpc) is 2.14. The van der Waals surface area contributed by atoms with Gasteiger partial charge in [0.2, 0.25) is 0 Å². The van der Waals surface area contributed by atoms with Gasteiger partial charge in [-0.05, 0) is 53.9 Å². The van der Waals surface area contributed by atoms with Crippen LogP contribution in [0.4, 0.5) is 0 Å². The lowest BCUT2D eigenvalue weighted by Crippen LogP contribution is -2.12. The van der Waals surface area contributed by atoms with E-state index in [1.54, 1.807) is 0 Å². The summed E-state index contributed by atoms with van der Waals surface area (Å²) in [5, 5.41) is 9.69. The number of hydrogen-bond donors (Lipinski definition) is 2. The Labute approximate surface area is 116 Å². The summed E-state index contributed by atoms with van der Waals surface area (Å²) in [7, 11) is 0. The summed E-state index contributed by atoms with van der Waals surface area (Å²) in [5.41, 5.74) is 6.16. The van der Waals surface area contributed by atoms with Crippen molar-refractivity contribution in [3.8, 4) is 0 Å². The summed E-state index contributed by atoms with van der Waals surface area (Å²) >= 11 is 13.6. The van der Waals surface area contributed by atoms with Crippen LogP contribution in [0.25, 0.3) is 0 Å². The van der Waals surface area contributed by atoms with E-state index >= 15 is 0 Å². The van der Waals surface area contributed by atoms with Crippen molar-refractivity contribution >= 4 is 63.7 Å². The Kier molecular flexibility index (Phi) is 5.07. The van der Waals surface area contributed by atoms with Gasteiger partial charge >= 0.3 is 0 Å². The molecule has 1 aromatic rings. The molecule has 0 aromatic heterocycles. The Balaban J connectivity index is 3.36. The maximum Gasteiger partial charge on any atom is 0.0934 e. The van der Waals surface area contributed by atoms with E-state index in [4.69, 9.17) is 5.73 Å². The summed E-state index contributed by atoms with van der Waals surface area (Å²) in [4.78, 5) is 0. The standard InChI is InChI=1S/C8H7Br4NO/c9-3-1-4(10)7(11)8(12)6(3)5(14)2-13/h1,5,14H,2,13H2/t5-/m0/s1. The molecule has 0 heterocycles. The SMILES string of the molecule is NC[C@H](O)c1c(Br)cc(Br)c(Br)c1Br. The van der Waals surface area contributed by atoms with E-state index in [9.17, 15) is 5.11 Å². The van der Waals surface area contributed by atoms with Gasteiger partial charge in [0.15, 0.2) is 0 Å². The first-order valence-electron chi connectivity index (χ1n) is 3.70. The van der Waals surface area contributed by atoms with Crippen LogP contribution in [0.3, 0.4) is 0 Å². The Hall–Kier alpha value is 1.06. The first-order chi connectivity index (χ1) is 6.49. The minimum atomic E-state index is -0.678. The van der Waals surface area contributed by atoms with Crippen molar-refractivity contribution in [1.82, 2.24) is 0 Å². The highest BCUT2D eigenvalue weighted by Crippen LogP contribution is 2.40. The highest BCUT2D eigenvalue weighted by molar-refractivity contribution is 9.14. The van der Waals surface area contributed by atoms with Crippen LogP contribution in [0.15, 0.2) is 24.0 Å². The normalized spacial score (nSPS) is 13.0. The molecule has 0 spiro atoms. The maximum absolute atomic E-state index is 9.69. The van der Waals surface area contributed by atoms with Crippen molar-refractivity contribution in [3.63, 3.8) is 0 Å². The molecule has 1 rings (SSSR count). The van der Waals surface area contributed by atoms with Crippen LogP contribution in [-0.2, 0) is 0 Å². The zero-order valence-electron chi connectivity index (χ0n) is 6.90. The zero-order valence-corrected chi connectivity index (χ0v) is 13.2. The fourth-order valence-corrected chi connectivity index (χ4v) is 3.98. The molecule has 0 unspecified atom stereocenters. The molecular formula is C8H7Br4NO. The van der Waals surface area contributed by atoms with Crippen molar-refractivity contribution in [1.29, 1.82) is 0 Å². The van der Waals surface area contributed by atoms with Gasteiger partial charge in [-0.2, -0.15) is 0 Å². The molecule has 14 heavy (non-hydrogen) atoms.